The number of benzene rings is 2. The Morgan fingerprint density at radius 3 is 2.67 bits per heavy atom. The predicted molar refractivity (Wildman–Crippen MR) is 70.2 cm³/mol. The van der Waals surface area contributed by atoms with Crippen LogP contribution < -0.4 is 5.32 Å². The predicted octanol–water partition coefficient (Wildman–Crippen LogP) is 3.64. The summed E-state index contributed by atoms with van der Waals surface area (Å²) < 4.78 is 13.0. The van der Waals surface area contributed by atoms with Gasteiger partial charge in [-0.15, -0.1) is 0 Å². The number of carbonyl (C=O) groups excluding carboxylic acids is 1. The van der Waals surface area contributed by atoms with Crippen LogP contribution in [-0.2, 0) is 6.42 Å². The minimum atomic E-state index is -0.411. The number of halogens is 1. The Balaban J connectivity index is 2.21. The van der Waals surface area contributed by atoms with Gasteiger partial charge in [0.05, 0.1) is 0 Å². The Bertz CT molecular complexity index is 566. The SMILES string of the molecule is CCc1ccccc1NC(=O)c1cccc(F)c1. The molecule has 0 atom stereocenters. The van der Waals surface area contributed by atoms with Gasteiger partial charge in [-0.05, 0) is 36.2 Å². The van der Waals surface area contributed by atoms with Crippen molar-refractivity contribution in [2.75, 3.05) is 5.32 Å². The summed E-state index contributed by atoms with van der Waals surface area (Å²) in [7, 11) is 0. The lowest BCUT2D eigenvalue weighted by Gasteiger charge is -2.09. The van der Waals surface area contributed by atoms with Gasteiger partial charge in [0.15, 0.2) is 0 Å². The molecule has 0 bridgehead atoms. The van der Waals surface area contributed by atoms with E-state index in [1.165, 1.54) is 18.2 Å². The summed E-state index contributed by atoms with van der Waals surface area (Å²) in [5, 5.41) is 2.80. The zero-order chi connectivity index (χ0) is 13.0. The summed E-state index contributed by atoms with van der Waals surface area (Å²) in [4.78, 5) is 12.0. The molecule has 2 rings (SSSR count). The molecule has 0 saturated carbocycles. The number of hydrogen-bond acceptors (Lipinski definition) is 1. The summed E-state index contributed by atoms with van der Waals surface area (Å²) in [6.07, 6.45) is 0.833. The maximum absolute atomic E-state index is 13.0. The molecule has 0 radical (unpaired) electrons. The van der Waals surface area contributed by atoms with Gasteiger partial charge in [0.2, 0.25) is 0 Å². The van der Waals surface area contributed by atoms with Gasteiger partial charge in [0.1, 0.15) is 5.82 Å². The zero-order valence-electron chi connectivity index (χ0n) is 10.1. The van der Waals surface area contributed by atoms with E-state index in [9.17, 15) is 9.18 Å². The first-order valence-electron chi connectivity index (χ1n) is 5.85. The fourth-order valence-corrected chi connectivity index (χ4v) is 1.77. The molecule has 0 aromatic heterocycles. The van der Waals surface area contributed by atoms with Crippen molar-refractivity contribution >= 4 is 11.6 Å². The summed E-state index contributed by atoms with van der Waals surface area (Å²) in [6, 6.07) is 13.2. The van der Waals surface area contributed by atoms with Crippen LogP contribution in [0, 0.1) is 5.82 Å². The largest absolute Gasteiger partial charge is 0.322 e. The number of rotatable bonds is 3. The van der Waals surface area contributed by atoms with Crippen molar-refractivity contribution in [3.05, 3.63) is 65.5 Å². The van der Waals surface area contributed by atoms with Crippen LogP contribution in [0.25, 0.3) is 0 Å². The van der Waals surface area contributed by atoms with Crippen LogP contribution in [0.5, 0.6) is 0 Å². The highest BCUT2D eigenvalue weighted by Gasteiger charge is 2.08. The number of nitrogens with one attached hydrogen (secondary N) is 1. The van der Waals surface area contributed by atoms with E-state index in [1.54, 1.807) is 6.07 Å². The van der Waals surface area contributed by atoms with Crippen LogP contribution >= 0.6 is 0 Å². The van der Waals surface area contributed by atoms with Gasteiger partial charge in [0, 0.05) is 11.3 Å². The number of carbonyl (C=O) groups is 1. The summed E-state index contributed by atoms with van der Waals surface area (Å²) in [6.45, 7) is 2.02. The third-order valence-electron chi connectivity index (χ3n) is 2.73. The molecule has 0 aliphatic carbocycles. The van der Waals surface area contributed by atoms with Crippen LogP contribution in [0.15, 0.2) is 48.5 Å². The van der Waals surface area contributed by atoms with E-state index < -0.39 is 5.82 Å². The molecule has 2 nitrogen and oxygen atoms in total. The Morgan fingerprint density at radius 1 is 1.17 bits per heavy atom. The Kier molecular flexibility index (Phi) is 3.72. The van der Waals surface area contributed by atoms with Crippen LogP contribution in [0.2, 0.25) is 0 Å². The van der Waals surface area contributed by atoms with Gasteiger partial charge < -0.3 is 5.32 Å². The first-order valence-corrected chi connectivity index (χ1v) is 5.85. The lowest BCUT2D eigenvalue weighted by Crippen LogP contribution is -2.13. The molecule has 0 saturated heterocycles. The molecule has 2 aromatic rings. The third-order valence-corrected chi connectivity index (χ3v) is 2.73. The van der Waals surface area contributed by atoms with Crippen molar-refractivity contribution in [1.82, 2.24) is 0 Å². The lowest BCUT2D eigenvalue weighted by molar-refractivity contribution is 0.102. The standard InChI is InChI=1S/C15H14FNO/c1-2-11-6-3-4-9-14(11)17-15(18)12-7-5-8-13(16)10-12/h3-10H,2H2,1H3,(H,17,18). The second kappa shape index (κ2) is 5.45. The highest BCUT2D eigenvalue weighted by atomic mass is 19.1. The molecule has 0 aliphatic heterocycles. The number of aryl methyl sites for hydroxylation is 1. The summed E-state index contributed by atoms with van der Waals surface area (Å²) in [5.41, 5.74) is 2.15. The molecule has 92 valence electrons. The first kappa shape index (κ1) is 12.3. The number of amides is 1. The van der Waals surface area contributed by atoms with Crippen molar-refractivity contribution in [2.45, 2.75) is 13.3 Å². The molecule has 0 spiro atoms. The monoisotopic (exact) mass is 243 g/mol. The molecule has 1 N–H and O–H groups in total. The molecule has 0 fully saturated rings. The topological polar surface area (TPSA) is 29.1 Å². The Labute approximate surface area is 105 Å². The molecule has 2 aromatic carbocycles. The minimum Gasteiger partial charge on any atom is -0.322 e. The summed E-state index contributed by atoms with van der Waals surface area (Å²) in [5.74, 6) is -0.707. The zero-order valence-corrected chi connectivity index (χ0v) is 10.1. The van der Waals surface area contributed by atoms with Crippen molar-refractivity contribution in [2.24, 2.45) is 0 Å². The van der Waals surface area contributed by atoms with Crippen LogP contribution in [0.1, 0.15) is 22.8 Å². The average Bonchev–Trinajstić information content (AvgIpc) is 2.39. The van der Waals surface area contributed by atoms with Gasteiger partial charge in [-0.2, -0.15) is 0 Å². The second-order valence-corrected chi connectivity index (χ2v) is 3.98. The maximum Gasteiger partial charge on any atom is 0.255 e. The molecule has 0 heterocycles. The average molecular weight is 243 g/mol. The molecular formula is C15H14FNO. The second-order valence-electron chi connectivity index (χ2n) is 3.98. The number of para-hydroxylation sites is 1. The van der Waals surface area contributed by atoms with E-state index in [4.69, 9.17) is 0 Å². The lowest BCUT2D eigenvalue weighted by atomic mass is 10.1. The van der Waals surface area contributed by atoms with Crippen molar-refractivity contribution < 1.29 is 9.18 Å². The van der Waals surface area contributed by atoms with E-state index in [0.717, 1.165) is 17.7 Å². The fourth-order valence-electron chi connectivity index (χ4n) is 1.77. The molecule has 1 amide bonds. The molecule has 0 unspecified atom stereocenters. The van der Waals surface area contributed by atoms with Crippen molar-refractivity contribution in [3.63, 3.8) is 0 Å². The number of hydrogen-bond donors (Lipinski definition) is 1. The van der Waals surface area contributed by atoms with Crippen LogP contribution in [0.3, 0.4) is 0 Å². The Morgan fingerprint density at radius 2 is 1.94 bits per heavy atom. The van der Waals surface area contributed by atoms with Crippen LogP contribution in [0.4, 0.5) is 10.1 Å². The molecule has 0 aliphatic rings. The highest BCUT2D eigenvalue weighted by molar-refractivity contribution is 6.04. The minimum absolute atomic E-state index is 0.296. The van der Waals surface area contributed by atoms with Crippen molar-refractivity contribution in [1.29, 1.82) is 0 Å². The normalized spacial score (nSPS) is 10.1. The fraction of sp³-hybridized carbons (Fsp3) is 0.133. The van der Waals surface area contributed by atoms with E-state index in [2.05, 4.69) is 5.32 Å². The maximum atomic E-state index is 13.0. The molecular weight excluding hydrogens is 229 g/mol. The number of anilines is 1. The molecule has 3 heteroatoms. The van der Waals surface area contributed by atoms with Gasteiger partial charge in [-0.1, -0.05) is 31.2 Å². The van der Waals surface area contributed by atoms with E-state index >= 15 is 0 Å². The Hall–Kier alpha value is -2.16. The smallest absolute Gasteiger partial charge is 0.255 e. The van der Waals surface area contributed by atoms with Crippen molar-refractivity contribution in [3.8, 4) is 0 Å². The van der Waals surface area contributed by atoms with Crippen LogP contribution in [-0.4, -0.2) is 5.91 Å². The van der Waals surface area contributed by atoms with Gasteiger partial charge in [0.25, 0.3) is 5.91 Å². The highest BCUT2D eigenvalue weighted by Crippen LogP contribution is 2.16. The van der Waals surface area contributed by atoms with E-state index in [1.807, 2.05) is 31.2 Å². The first-order chi connectivity index (χ1) is 8.70. The van der Waals surface area contributed by atoms with Gasteiger partial charge >= 0.3 is 0 Å². The van der Waals surface area contributed by atoms with E-state index in [0.29, 0.717) is 5.56 Å². The molecule has 18 heavy (non-hydrogen) atoms. The summed E-state index contributed by atoms with van der Waals surface area (Å²) >= 11 is 0. The van der Waals surface area contributed by atoms with Gasteiger partial charge in [-0.3, -0.25) is 4.79 Å². The van der Waals surface area contributed by atoms with E-state index in [-0.39, 0.29) is 5.91 Å². The van der Waals surface area contributed by atoms with Gasteiger partial charge in [-0.25, -0.2) is 4.39 Å². The third kappa shape index (κ3) is 2.74. The quantitative estimate of drug-likeness (QED) is 0.876.